The summed E-state index contributed by atoms with van der Waals surface area (Å²) in [5.74, 6) is 1.19. The van der Waals surface area contributed by atoms with Crippen molar-refractivity contribution in [3.8, 4) is 11.5 Å². The van der Waals surface area contributed by atoms with Crippen LogP contribution in [-0.4, -0.2) is 22.2 Å². The molecule has 0 unspecified atom stereocenters. The quantitative estimate of drug-likeness (QED) is 0.841. The van der Waals surface area contributed by atoms with Crippen LogP contribution < -0.4 is 4.74 Å². The molecule has 0 atom stereocenters. The van der Waals surface area contributed by atoms with E-state index in [0.29, 0.717) is 11.4 Å². The van der Waals surface area contributed by atoms with Crippen LogP contribution in [0.4, 0.5) is 0 Å². The maximum atomic E-state index is 9.14. The minimum Gasteiger partial charge on any atom is -0.506 e. The Kier molecular flexibility index (Phi) is 9.59. The van der Waals surface area contributed by atoms with Crippen molar-refractivity contribution in [2.75, 3.05) is 7.11 Å². The van der Waals surface area contributed by atoms with E-state index in [1.807, 2.05) is 26.8 Å². The molecule has 0 fully saturated rings. The Hall–Kier alpha value is -2.10. The number of aromatic hydroxyl groups is 1. The molecule has 4 nitrogen and oxygen atoms in total. The Bertz CT molecular complexity index is 529. The van der Waals surface area contributed by atoms with E-state index in [2.05, 4.69) is 23.8 Å². The first-order valence-electron chi connectivity index (χ1n) is 7.46. The third-order valence-electron chi connectivity index (χ3n) is 2.79. The molecule has 22 heavy (non-hydrogen) atoms. The van der Waals surface area contributed by atoms with Crippen LogP contribution in [0.25, 0.3) is 0 Å². The lowest BCUT2D eigenvalue weighted by Crippen LogP contribution is -1.92. The van der Waals surface area contributed by atoms with Crippen molar-refractivity contribution in [1.82, 2.24) is 9.97 Å². The van der Waals surface area contributed by atoms with Crippen molar-refractivity contribution < 1.29 is 9.84 Å². The van der Waals surface area contributed by atoms with Crippen LogP contribution in [0, 0.1) is 27.7 Å². The average molecular weight is 304 g/mol. The van der Waals surface area contributed by atoms with Gasteiger partial charge in [-0.1, -0.05) is 20.3 Å². The molecule has 4 heteroatoms. The smallest absolute Gasteiger partial charge is 0.142 e. The number of aromatic nitrogens is 2. The second-order valence-corrected chi connectivity index (χ2v) is 5.02. The summed E-state index contributed by atoms with van der Waals surface area (Å²) in [4.78, 5) is 7.98. The van der Waals surface area contributed by atoms with Crippen LogP contribution >= 0.6 is 0 Å². The molecule has 0 aliphatic carbocycles. The number of aryl methyl sites for hydroxylation is 4. The molecule has 2 heterocycles. The van der Waals surface area contributed by atoms with Crippen LogP contribution in [0.15, 0.2) is 24.5 Å². The van der Waals surface area contributed by atoms with Gasteiger partial charge in [0.15, 0.2) is 0 Å². The molecule has 0 aliphatic rings. The molecule has 0 radical (unpaired) electrons. The number of hydrogen-bond acceptors (Lipinski definition) is 4. The zero-order valence-electron chi connectivity index (χ0n) is 14.8. The first-order chi connectivity index (χ1) is 10.4. The minimum absolute atomic E-state index is 0.303. The van der Waals surface area contributed by atoms with Crippen molar-refractivity contribution in [1.29, 1.82) is 0 Å². The van der Waals surface area contributed by atoms with Gasteiger partial charge >= 0.3 is 0 Å². The van der Waals surface area contributed by atoms with Crippen LogP contribution in [-0.2, 0) is 0 Å². The van der Waals surface area contributed by atoms with Crippen molar-refractivity contribution >= 4 is 0 Å². The lowest BCUT2D eigenvalue weighted by molar-refractivity contribution is 0.406. The Morgan fingerprint density at radius 2 is 1.36 bits per heavy atom. The average Bonchev–Trinajstić information content (AvgIpc) is 2.46. The first-order valence-corrected chi connectivity index (χ1v) is 7.46. The zero-order chi connectivity index (χ0) is 17.1. The number of methoxy groups -OCH3 is 1. The fourth-order valence-corrected chi connectivity index (χ4v) is 1.68. The number of ether oxygens (including phenoxy) is 1. The van der Waals surface area contributed by atoms with Crippen molar-refractivity contribution in [3.63, 3.8) is 0 Å². The van der Waals surface area contributed by atoms with Crippen molar-refractivity contribution in [3.05, 3.63) is 47.0 Å². The molecule has 0 saturated heterocycles. The van der Waals surface area contributed by atoms with Gasteiger partial charge in [0.2, 0.25) is 0 Å². The molecule has 0 aromatic carbocycles. The highest BCUT2D eigenvalue weighted by Gasteiger charge is 2.00. The van der Waals surface area contributed by atoms with Gasteiger partial charge in [-0.25, -0.2) is 0 Å². The van der Waals surface area contributed by atoms with E-state index in [-0.39, 0.29) is 0 Å². The standard InChI is InChI=1S/C8H11NO.C7H9NO.C3H8/c1-6-4-5-9-7(2)8(6)10-3;1-5-3-4-8-6(2)7(5)9;1-3-2/h4-5H,1-3H3;3-4,9H,1-2H3;3H2,1-2H3. The van der Waals surface area contributed by atoms with Crippen LogP contribution in [0.5, 0.6) is 11.5 Å². The van der Waals surface area contributed by atoms with Crippen LogP contribution in [0.1, 0.15) is 42.8 Å². The summed E-state index contributed by atoms with van der Waals surface area (Å²) in [6.07, 6.45) is 4.72. The maximum absolute atomic E-state index is 9.14. The van der Waals surface area contributed by atoms with Crippen molar-refractivity contribution in [2.45, 2.75) is 48.0 Å². The monoisotopic (exact) mass is 304 g/mol. The first kappa shape index (κ1) is 19.9. The van der Waals surface area contributed by atoms with Gasteiger partial charge in [-0.15, -0.1) is 0 Å². The Morgan fingerprint density at radius 1 is 0.909 bits per heavy atom. The Labute approximate surface area is 134 Å². The summed E-state index contributed by atoms with van der Waals surface area (Å²) in [7, 11) is 1.66. The number of hydrogen-bond donors (Lipinski definition) is 1. The molecule has 1 N–H and O–H groups in total. The minimum atomic E-state index is 0.303. The topological polar surface area (TPSA) is 55.2 Å². The number of nitrogens with zero attached hydrogens (tertiary/aromatic N) is 2. The Morgan fingerprint density at radius 3 is 1.68 bits per heavy atom. The number of pyridine rings is 2. The fraction of sp³-hybridized carbons (Fsp3) is 0.444. The van der Waals surface area contributed by atoms with E-state index in [4.69, 9.17) is 9.84 Å². The molecule has 122 valence electrons. The van der Waals surface area contributed by atoms with Gasteiger partial charge in [0, 0.05) is 12.4 Å². The molecule has 0 aliphatic heterocycles. The second kappa shape index (κ2) is 10.6. The predicted octanol–water partition coefficient (Wildman–Crippen LogP) is 4.53. The Balaban J connectivity index is 0.000000342. The summed E-state index contributed by atoms with van der Waals surface area (Å²) in [5, 5.41) is 9.14. The molecular weight excluding hydrogens is 276 g/mol. The molecule has 2 aromatic heterocycles. The van der Waals surface area contributed by atoms with Crippen molar-refractivity contribution in [2.24, 2.45) is 0 Å². The van der Waals surface area contributed by atoms with E-state index in [9.17, 15) is 0 Å². The molecule has 0 bridgehead atoms. The summed E-state index contributed by atoms with van der Waals surface area (Å²) in [5.41, 5.74) is 3.65. The highest BCUT2D eigenvalue weighted by molar-refractivity contribution is 5.34. The largest absolute Gasteiger partial charge is 0.506 e. The van der Waals surface area contributed by atoms with E-state index in [0.717, 1.165) is 22.6 Å². The molecular formula is C18H28N2O2. The summed E-state index contributed by atoms with van der Waals surface area (Å²) < 4.78 is 5.11. The predicted molar refractivity (Wildman–Crippen MR) is 91.6 cm³/mol. The lowest BCUT2D eigenvalue weighted by atomic mass is 10.2. The van der Waals surface area contributed by atoms with Gasteiger partial charge in [-0.3, -0.25) is 9.97 Å². The summed E-state index contributed by atoms with van der Waals surface area (Å²) >= 11 is 0. The maximum Gasteiger partial charge on any atom is 0.142 e. The number of rotatable bonds is 1. The molecule has 2 rings (SSSR count). The lowest BCUT2D eigenvalue weighted by Gasteiger charge is -2.05. The van der Waals surface area contributed by atoms with Gasteiger partial charge in [0.1, 0.15) is 11.5 Å². The van der Waals surface area contributed by atoms with E-state index in [1.165, 1.54) is 6.42 Å². The third-order valence-corrected chi connectivity index (χ3v) is 2.79. The molecule has 2 aromatic rings. The van der Waals surface area contributed by atoms with E-state index >= 15 is 0 Å². The van der Waals surface area contributed by atoms with Gasteiger partial charge < -0.3 is 9.84 Å². The fourth-order valence-electron chi connectivity index (χ4n) is 1.68. The third kappa shape index (κ3) is 6.57. The summed E-state index contributed by atoms with van der Waals surface area (Å²) in [6.45, 7) is 11.8. The second-order valence-electron chi connectivity index (χ2n) is 5.02. The zero-order valence-corrected chi connectivity index (χ0v) is 14.8. The van der Waals surface area contributed by atoms with E-state index in [1.54, 1.807) is 32.5 Å². The van der Waals surface area contributed by atoms with Gasteiger partial charge in [0.25, 0.3) is 0 Å². The molecule has 0 amide bonds. The molecule has 0 spiro atoms. The van der Waals surface area contributed by atoms with Crippen LogP contribution in [0.2, 0.25) is 0 Å². The van der Waals surface area contributed by atoms with Crippen LogP contribution in [0.3, 0.4) is 0 Å². The van der Waals surface area contributed by atoms with E-state index < -0.39 is 0 Å². The highest BCUT2D eigenvalue weighted by Crippen LogP contribution is 2.18. The SMILES string of the molecule is CCC.COc1c(C)ccnc1C.Cc1ccnc(C)c1O. The van der Waals surface area contributed by atoms with Gasteiger partial charge in [-0.05, 0) is 51.0 Å². The molecule has 0 saturated carbocycles. The summed E-state index contributed by atoms with van der Waals surface area (Å²) in [6, 6.07) is 3.72. The van der Waals surface area contributed by atoms with Gasteiger partial charge in [0.05, 0.1) is 18.5 Å². The van der Waals surface area contributed by atoms with Gasteiger partial charge in [-0.2, -0.15) is 0 Å². The normalized spacial score (nSPS) is 9.05. The highest BCUT2D eigenvalue weighted by atomic mass is 16.5.